The van der Waals surface area contributed by atoms with E-state index in [-0.39, 0.29) is 17.1 Å². The number of aliphatic carboxylic acids is 1. The summed E-state index contributed by atoms with van der Waals surface area (Å²) >= 11 is 0. The predicted molar refractivity (Wildman–Crippen MR) is 86.9 cm³/mol. The van der Waals surface area contributed by atoms with Crippen LogP contribution in [0.15, 0.2) is 0 Å². The van der Waals surface area contributed by atoms with E-state index < -0.39 is 5.97 Å². The van der Waals surface area contributed by atoms with E-state index in [1.807, 2.05) is 0 Å². The summed E-state index contributed by atoms with van der Waals surface area (Å²) in [7, 11) is 0. The van der Waals surface area contributed by atoms with Gasteiger partial charge in [-0.15, -0.1) is 0 Å². The molecule has 0 atom stereocenters. The molecule has 0 aromatic heterocycles. The Morgan fingerprint density at radius 3 is 1.67 bits per heavy atom. The minimum absolute atomic E-state index is 0. The molecule has 21 heavy (non-hydrogen) atoms. The van der Waals surface area contributed by atoms with Crippen LogP contribution in [0, 0.1) is 6.42 Å². The molecule has 0 aliphatic rings. The monoisotopic (exact) mass is 339 g/mol. The van der Waals surface area contributed by atoms with Gasteiger partial charge in [0.05, 0.1) is 0 Å². The fourth-order valence-corrected chi connectivity index (χ4v) is 2.49. The average Bonchev–Trinajstić information content (AvgIpc) is 2.43. The van der Waals surface area contributed by atoms with Crippen molar-refractivity contribution in [1.29, 1.82) is 0 Å². The average molecular weight is 339 g/mol. The molecule has 0 aromatic rings. The fraction of sp³-hybridized carbons (Fsp3) is 0.889. The number of carboxylic acids is 1. The quantitative estimate of drug-likeness (QED) is 0.208. The van der Waals surface area contributed by atoms with Crippen LogP contribution in [0.1, 0.15) is 103 Å². The molecule has 0 aromatic carbocycles. The normalized spacial score (nSPS) is 10.3. The molecule has 3 heteroatoms. The van der Waals surface area contributed by atoms with Crippen LogP contribution in [0.5, 0.6) is 0 Å². The summed E-state index contributed by atoms with van der Waals surface area (Å²) in [4.78, 5) is 10.3. The van der Waals surface area contributed by atoms with E-state index in [0.717, 1.165) is 12.8 Å². The third-order valence-corrected chi connectivity index (χ3v) is 3.81. The number of carboxylic acid groups (broad SMARTS) is 1. The first-order valence-electron chi connectivity index (χ1n) is 8.80. The maximum atomic E-state index is 10.3. The molecule has 0 rings (SSSR count). The Kier molecular flexibility index (Phi) is 22.1. The van der Waals surface area contributed by atoms with Crippen molar-refractivity contribution >= 4 is 5.97 Å². The second-order valence-corrected chi connectivity index (χ2v) is 5.90. The van der Waals surface area contributed by atoms with Gasteiger partial charge >= 0.3 is 5.97 Å². The number of unbranched alkanes of at least 4 members (excludes halogenated alkanes) is 14. The fourth-order valence-electron chi connectivity index (χ4n) is 2.49. The zero-order valence-corrected chi connectivity index (χ0v) is 15.0. The van der Waals surface area contributed by atoms with Crippen LogP contribution in [-0.2, 0) is 21.9 Å². The molecule has 0 unspecified atom stereocenters. The Bertz CT molecular complexity index is 207. The van der Waals surface area contributed by atoms with Crippen LogP contribution in [0.25, 0.3) is 0 Å². The third kappa shape index (κ3) is 22.4. The molecule has 1 N–H and O–H groups in total. The van der Waals surface area contributed by atoms with Crippen LogP contribution in [0.2, 0.25) is 0 Å². The number of hydrogen-bond acceptors (Lipinski definition) is 1. The molecule has 0 saturated heterocycles. The van der Waals surface area contributed by atoms with Gasteiger partial charge < -0.3 is 11.5 Å². The van der Waals surface area contributed by atoms with Gasteiger partial charge in [0.25, 0.3) is 0 Å². The van der Waals surface area contributed by atoms with Crippen molar-refractivity contribution in [3.05, 3.63) is 6.42 Å². The predicted octanol–water partition coefficient (Wildman–Crippen LogP) is 6.14. The smallest absolute Gasteiger partial charge is 0.303 e. The van der Waals surface area contributed by atoms with Crippen molar-refractivity contribution in [2.75, 3.05) is 0 Å². The second kappa shape index (κ2) is 20.0. The van der Waals surface area contributed by atoms with Crippen LogP contribution >= 0.6 is 0 Å². The van der Waals surface area contributed by atoms with Gasteiger partial charge in [-0.1, -0.05) is 77.6 Å². The third-order valence-electron chi connectivity index (χ3n) is 3.81. The molecule has 128 valence electrons. The maximum absolute atomic E-state index is 10.3. The zero-order chi connectivity index (χ0) is 14.9. The zero-order valence-electron chi connectivity index (χ0n) is 13.9. The first-order chi connectivity index (χ1) is 9.77. The summed E-state index contributed by atoms with van der Waals surface area (Å²) in [5.41, 5.74) is 0. The molecule has 2 nitrogen and oxygen atoms in total. The van der Waals surface area contributed by atoms with Crippen molar-refractivity contribution in [2.45, 2.75) is 103 Å². The van der Waals surface area contributed by atoms with Crippen molar-refractivity contribution in [2.24, 2.45) is 0 Å². The van der Waals surface area contributed by atoms with E-state index in [4.69, 9.17) is 5.11 Å². The van der Waals surface area contributed by atoms with Gasteiger partial charge in [0.1, 0.15) is 0 Å². The Balaban J connectivity index is 0. The topological polar surface area (TPSA) is 37.3 Å². The van der Waals surface area contributed by atoms with E-state index in [2.05, 4.69) is 13.3 Å². The van der Waals surface area contributed by atoms with Gasteiger partial charge in [-0.05, 0) is 6.42 Å². The largest absolute Gasteiger partial charge is 0.481 e. The van der Waals surface area contributed by atoms with Gasteiger partial charge in [0.2, 0.25) is 0 Å². The summed E-state index contributed by atoms with van der Waals surface area (Å²) in [5, 5.41) is 8.51. The van der Waals surface area contributed by atoms with Gasteiger partial charge in [0, 0.05) is 23.5 Å². The van der Waals surface area contributed by atoms with Gasteiger partial charge in [-0.25, -0.2) is 0 Å². The molecular formula is C18H35FeO2-. The molecule has 0 fully saturated rings. The van der Waals surface area contributed by atoms with Gasteiger partial charge in [0.15, 0.2) is 0 Å². The van der Waals surface area contributed by atoms with E-state index in [1.165, 1.54) is 77.0 Å². The Morgan fingerprint density at radius 1 is 0.762 bits per heavy atom. The van der Waals surface area contributed by atoms with Crippen LogP contribution in [0.4, 0.5) is 0 Å². The molecule has 0 amide bonds. The van der Waals surface area contributed by atoms with Gasteiger partial charge in [-0.2, -0.15) is 12.8 Å². The van der Waals surface area contributed by atoms with Gasteiger partial charge in [-0.3, -0.25) is 4.79 Å². The summed E-state index contributed by atoms with van der Waals surface area (Å²) in [6.07, 6.45) is 20.7. The van der Waals surface area contributed by atoms with Crippen LogP contribution in [0.3, 0.4) is 0 Å². The molecule has 0 spiro atoms. The van der Waals surface area contributed by atoms with E-state index in [9.17, 15) is 4.79 Å². The first-order valence-corrected chi connectivity index (χ1v) is 8.80. The molecular weight excluding hydrogens is 304 g/mol. The SMILES string of the molecule is CCCCCCCC[CH-]CCCCCCCCC(=O)O.[Fe]. The van der Waals surface area contributed by atoms with Crippen molar-refractivity contribution in [1.82, 2.24) is 0 Å². The standard InChI is InChI=1S/C18H35O2.Fe/c1-2-3-4-5-6-7-8-9-10-11-12-13-14-15-16-17-18(19)20;/h9H,2-8,10-17H2,1H3,(H,19,20);/q-1;. The summed E-state index contributed by atoms with van der Waals surface area (Å²) in [6.45, 7) is 2.26. The Labute approximate surface area is 142 Å². The minimum atomic E-state index is -0.658. The van der Waals surface area contributed by atoms with Crippen molar-refractivity contribution in [3.63, 3.8) is 0 Å². The summed E-state index contributed by atoms with van der Waals surface area (Å²) < 4.78 is 0. The first kappa shape index (κ1) is 23.3. The number of rotatable bonds is 16. The second-order valence-electron chi connectivity index (χ2n) is 5.90. The Hall–Kier alpha value is -0.0105. The van der Waals surface area contributed by atoms with Crippen molar-refractivity contribution < 1.29 is 27.0 Å². The Morgan fingerprint density at radius 2 is 1.19 bits per heavy atom. The molecule has 0 bridgehead atoms. The molecule has 0 saturated carbocycles. The van der Waals surface area contributed by atoms with E-state index in [1.54, 1.807) is 0 Å². The molecule has 0 aliphatic heterocycles. The molecule has 0 aliphatic carbocycles. The van der Waals surface area contributed by atoms with E-state index in [0.29, 0.717) is 6.42 Å². The summed E-state index contributed by atoms with van der Waals surface area (Å²) in [6, 6.07) is 0. The number of carbonyl (C=O) groups is 1. The number of hydrogen-bond donors (Lipinski definition) is 1. The van der Waals surface area contributed by atoms with E-state index >= 15 is 0 Å². The van der Waals surface area contributed by atoms with Crippen LogP contribution in [-0.4, -0.2) is 11.1 Å². The molecule has 0 heterocycles. The van der Waals surface area contributed by atoms with Crippen LogP contribution < -0.4 is 0 Å². The summed E-state index contributed by atoms with van der Waals surface area (Å²) in [5.74, 6) is -0.658. The molecule has 0 radical (unpaired) electrons. The van der Waals surface area contributed by atoms with Crippen molar-refractivity contribution in [3.8, 4) is 0 Å². The maximum Gasteiger partial charge on any atom is 0.303 e. The minimum Gasteiger partial charge on any atom is -0.481 e.